The average Bonchev–Trinajstić information content (AvgIpc) is 3.73. The number of nitrogens with zero attached hydrogens (tertiary/aromatic N) is 8. The number of hydrogen-bond donors (Lipinski definition) is 3. The number of imide groups is 1. The largest absolute Gasteiger partial charge is 0.371 e. The van der Waals surface area contributed by atoms with Crippen molar-refractivity contribution < 1.29 is 14.4 Å². The van der Waals surface area contributed by atoms with Gasteiger partial charge in [0.1, 0.15) is 6.04 Å². The van der Waals surface area contributed by atoms with Gasteiger partial charge in [0.05, 0.1) is 28.0 Å². The van der Waals surface area contributed by atoms with E-state index < -0.39 is 11.9 Å². The van der Waals surface area contributed by atoms with Gasteiger partial charge in [-0.1, -0.05) is 0 Å². The van der Waals surface area contributed by atoms with E-state index >= 15 is 0 Å². The Morgan fingerprint density at radius 1 is 0.889 bits per heavy atom. The second-order valence-electron chi connectivity index (χ2n) is 16.4. The van der Waals surface area contributed by atoms with Gasteiger partial charge in [0.25, 0.3) is 5.91 Å². The third-order valence-electron chi connectivity index (χ3n) is 13.1. The van der Waals surface area contributed by atoms with Gasteiger partial charge in [-0.05, 0) is 62.4 Å². The fraction of sp³-hybridized carbons (Fsp3) is 0.538. The molecule has 282 valence electrons. The molecule has 15 heteroatoms. The monoisotopic (exact) mass is 733 g/mol. The molecule has 8 heterocycles. The van der Waals surface area contributed by atoms with E-state index in [9.17, 15) is 19.2 Å². The lowest BCUT2D eigenvalue weighted by atomic mass is 9.95. The van der Waals surface area contributed by atoms with Crippen molar-refractivity contribution in [3.8, 4) is 11.4 Å². The number of anilines is 2. The molecule has 1 aromatic carbocycles. The third-order valence-corrected chi connectivity index (χ3v) is 13.1. The summed E-state index contributed by atoms with van der Waals surface area (Å²) in [5.74, 6) is 0.666. The van der Waals surface area contributed by atoms with Crippen LogP contribution in [0.4, 0.5) is 11.6 Å². The number of H-pyrrole nitrogens is 1. The van der Waals surface area contributed by atoms with Crippen molar-refractivity contribution in [3.63, 3.8) is 0 Å². The molecular formula is C39H47N11O4. The van der Waals surface area contributed by atoms with Gasteiger partial charge >= 0.3 is 5.69 Å². The van der Waals surface area contributed by atoms with Crippen molar-refractivity contribution in [1.29, 1.82) is 0 Å². The highest BCUT2D eigenvalue weighted by molar-refractivity contribution is 6.00. The molecule has 4 aromatic rings. The molecule has 15 nitrogen and oxygen atoms in total. The van der Waals surface area contributed by atoms with E-state index in [1.165, 1.54) is 4.57 Å². The number of piperidine rings is 2. The van der Waals surface area contributed by atoms with Crippen LogP contribution in [0.25, 0.3) is 22.4 Å². The fourth-order valence-electron chi connectivity index (χ4n) is 9.63. The minimum atomic E-state index is -0.673. The van der Waals surface area contributed by atoms with Crippen LogP contribution < -0.4 is 26.1 Å². The van der Waals surface area contributed by atoms with E-state index in [0.29, 0.717) is 18.4 Å². The van der Waals surface area contributed by atoms with Crippen molar-refractivity contribution in [2.24, 2.45) is 13.0 Å². The van der Waals surface area contributed by atoms with Gasteiger partial charge in [0.15, 0.2) is 0 Å². The Hall–Kier alpha value is -5.02. The number of piperazine rings is 1. The van der Waals surface area contributed by atoms with Gasteiger partial charge < -0.3 is 25.0 Å². The molecule has 5 fully saturated rings. The first-order valence-corrected chi connectivity index (χ1v) is 19.6. The Labute approximate surface area is 312 Å². The zero-order chi connectivity index (χ0) is 36.7. The maximum Gasteiger partial charge on any atom is 0.329 e. The molecule has 1 aliphatic carbocycles. The number of fused-ring (bicyclic) bond motifs is 3. The molecule has 10 rings (SSSR count). The predicted molar refractivity (Wildman–Crippen MR) is 203 cm³/mol. The number of rotatable bonds is 7. The minimum Gasteiger partial charge on any atom is -0.371 e. The van der Waals surface area contributed by atoms with Crippen LogP contribution in [-0.4, -0.2) is 123 Å². The highest BCUT2D eigenvalue weighted by atomic mass is 16.2. The molecule has 3 aromatic heterocycles. The maximum atomic E-state index is 13.2. The van der Waals surface area contributed by atoms with Crippen LogP contribution in [0.2, 0.25) is 0 Å². The number of carbonyl (C=O) groups is 3. The highest BCUT2D eigenvalue weighted by Crippen LogP contribution is 2.50. The lowest BCUT2D eigenvalue weighted by Gasteiger charge is -2.46. The quantitative estimate of drug-likeness (QED) is 0.239. The Morgan fingerprint density at radius 2 is 1.69 bits per heavy atom. The zero-order valence-corrected chi connectivity index (χ0v) is 30.7. The van der Waals surface area contributed by atoms with E-state index in [1.807, 2.05) is 30.5 Å². The first-order valence-electron chi connectivity index (χ1n) is 19.6. The summed E-state index contributed by atoms with van der Waals surface area (Å²) < 4.78 is 3.15. The normalized spacial score (nSPS) is 23.8. The highest BCUT2D eigenvalue weighted by Gasteiger charge is 2.50. The number of nitrogens with one attached hydrogen (secondary N) is 3. The molecule has 1 unspecified atom stereocenters. The Morgan fingerprint density at radius 3 is 2.44 bits per heavy atom. The number of aromatic nitrogens is 5. The lowest BCUT2D eigenvalue weighted by Crippen LogP contribution is -2.57. The Kier molecular flexibility index (Phi) is 7.95. The summed E-state index contributed by atoms with van der Waals surface area (Å²) in [4.78, 5) is 73.1. The van der Waals surface area contributed by atoms with E-state index in [2.05, 4.69) is 46.3 Å². The summed E-state index contributed by atoms with van der Waals surface area (Å²) in [6, 6.07) is 9.83. The molecule has 0 bridgehead atoms. The Bertz CT molecular complexity index is 2210. The Balaban J connectivity index is 0.702. The molecule has 54 heavy (non-hydrogen) atoms. The fourth-order valence-corrected chi connectivity index (χ4v) is 9.63. The molecule has 3 N–H and O–H groups in total. The predicted octanol–water partition coefficient (Wildman–Crippen LogP) is 1.60. The van der Waals surface area contributed by atoms with Gasteiger partial charge in [-0.2, -0.15) is 0 Å². The van der Waals surface area contributed by atoms with E-state index in [-0.39, 0.29) is 29.3 Å². The molecule has 6 aliphatic rings. The van der Waals surface area contributed by atoms with Crippen molar-refractivity contribution in [1.82, 2.24) is 44.5 Å². The van der Waals surface area contributed by atoms with Gasteiger partial charge in [-0.15, -0.1) is 0 Å². The number of amides is 3. The summed E-state index contributed by atoms with van der Waals surface area (Å²) in [5.41, 5.74) is 6.01. The van der Waals surface area contributed by atoms with Crippen LogP contribution in [0.5, 0.6) is 0 Å². The summed E-state index contributed by atoms with van der Waals surface area (Å²) in [5, 5.41) is 5.44. The van der Waals surface area contributed by atoms with Crippen LogP contribution in [0.15, 0.2) is 41.3 Å². The van der Waals surface area contributed by atoms with Crippen molar-refractivity contribution in [3.05, 3.63) is 58.3 Å². The molecule has 1 saturated carbocycles. The number of benzene rings is 1. The smallest absolute Gasteiger partial charge is 0.329 e. The lowest BCUT2D eigenvalue weighted by molar-refractivity contribution is -0.135. The molecule has 1 atom stereocenters. The van der Waals surface area contributed by atoms with Crippen LogP contribution in [0, 0.1) is 5.92 Å². The summed E-state index contributed by atoms with van der Waals surface area (Å²) in [6.07, 6.45) is 6.80. The van der Waals surface area contributed by atoms with E-state index in [1.54, 1.807) is 11.6 Å². The van der Waals surface area contributed by atoms with Crippen molar-refractivity contribution in [2.45, 2.75) is 56.0 Å². The minimum absolute atomic E-state index is 0.000309. The van der Waals surface area contributed by atoms with Crippen LogP contribution in [-0.2, 0) is 22.1 Å². The molecular weight excluding hydrogens is 687 g/mol. The molecule has 3 amide bonds. The average molecular weight is 734 g/mol. The van der Waals surface area contributed by atoms with Gasteiger partial charge in [0, 0.05) is 114 Å². The van der Waals surface area contributed by atoms with Crippen molar-refractivity contribution in [2.75, 3.05) is 75.2 Å². The summed E-state index contributed by atoms with van der Waals surface area (Å²) in [6.45, 7) is 10.00. The second-order valence-corrected chi connectivity index (χ2v) is 16.4. The van der Waals surface area contributed by atoms with Crippen LogP contribution in [0.3, 0.4) is 0 Å². The van der Waals surface area contributed by atoms with Gasteiger partial charge in [-0.3, -0.25) is 33.7 Å². The maximum absolute atomic E-state index is 13.2. The number of imidazole rings is 1. The molecule has 4 saturated heterocycles. The number of carbonyl (C=O) groups excluding carboxylic acids is 3. The van der Waals surface area contributed by atoms with Gasteiger partial charge in [0.2, 0.25) is 17.8 Å². The SMILES string of the molecule is Cn1c(=O)n(C2CCC(=O)NC2=O)c2ccc(N3CC(CN4CCN(C5CCN(c6nccc(-c7cc8c([nH]7)C7(CC7)CNC8=O)n6)CC5)CC4)C3)cc21. The number of hydrogen-bond acceptors (Lipinski definition) is 10. The summed E-state index contributed by atoms with van der Waals surface area (Å²) in [7, 11) is 1.74. The first kappa shape index (κ1) is 33.5. The summed E-state index contributed by atoms with van der Waals surface area (Å²) >= 11 is 0. The first-order chi connectivity index (χ1) is 26.2. The zero-order valence-electron chi connectivity index (χ0n) is 30.7. The molecule has 0 radical (unpaired) electrons. The molecule has 5 aliphatic heterocycles. The second kappa shape index (κ2) is 12.8. The molecule has 1 spiro atoms. The third kappa shape index (κ3) is 5.70. The van der Waals surface area contributed by atoms with Crippen molar-refractivity contribution >= 4 is 40.4 Å². The van der Waals surface area contributed by atoms with E-state index in [0.717, 1.165) is 136 Å². The standard InChI is InChI=1S/C39H47N11O4/c1-45-32-18-26(2-3-30(32)50(38(45)54)31-4-5-33(51)44-36(31)53)49-21-24(22-49)20-46-14-16-47(17-15-46)25-7-12-48(13-8-25)37-40-11-6-28(43-37)29-19-27-34(42-29)39(9-10-39)23-41-35(27)52/h2-3,6,11,18-19,24-25,31,42H,4-5,7-10,12-17,20-23H2,1H3,(H,41,52)(H,44,51,53). The van der Waals surface area contributed by atoms with Crippen LogP contribution in [0.1, 0.15) is 60.6 Å². The number of aromatic amines is 1. The topological polar surface area (TPSA) is 157 Å². The van der Waals surface area contributed by atoms with Gasteiger partial charge in [-0.25, -0.2) is 14.8 Å². The van der Waals surface area contributed by atoms with Crippen LogP contribution >= 0.6 is 0 Å². The number of aryl methyl sites for hydroxylation is 1. The van der Waals surface area contributed by atoms with E-state index in [4.69, 9.17) is 4.98 Å².